The summed E-state index contributed by atoms with van der Waals surface area (Å²) in [6, 6.07) is 0.905. The van der Waals surface area contributed by atoms with Crippen molar-refractivity contribution in [2.75, 3.05) is 13.2 Å². The minimum atomic E-state index is -0.393. The Kier molecular flexibility index (Phi) is 5.31. The first-order chi connectivity index (χ1) is 10.1. The molecule has 0 amide bonds. The molecule has 0 heterocycles. The van der Waals surface area contributed by atoms with Crippen LogP contribution in [0.3, 0.4) is 0 Å². The first-order valence-corrected chi connectivity index (χ1v) is 9.15. The predicted molar refractivity (Wildman–Crippen MR) is 92.0 cm³/mol. The van der Waals surface area contributed by atoms with Gasteiger partial charge in [-0.3, -0.25) is 4.90 Å². The summed E-state index contributed by atoms with van der Waals surface area (Å²) in [6.07, 6.45) is 3.72. The van der Waals surface area contributed by atoms with Gasteiger partial charge in [-0.25, -0.2) is 0 Å². The molecule has 2 bridgehead atoms. The summed E-state index contributed by atoms with van der Waals surface area (Å²) in [5, 5.41) is 10.4. The highest BCUT2D eigenvalue weighted by atomic mass is 16.5. The number of ether oxygens (including phenoxy) is 1. The van der Waals surface area contributed by atoms with Crippen LogP contribution in [-0.2, 0) is 4.74 Å². The van der Waals surface area contributed by atoms with Gasteiger partial charge in [-0.1, -0.05) is 20.8 Å². The molecular weight excluding hydrogens is 274 g/mol. The van der Waals surface area contributed by atoms with E-state index in [-0.39, 0.29) is 5.41 Å². The van der Waals surface area contributed by atoms with Crippen molar-refractivity contribution < 1.29 is 9.84 Å². The van der Waals surface area contributed by atoms with Crippen molar-refractivity contribution in [3.05, 3.63) is 0 Å². The van der Waals surface area contributed by atoms with E-state index in [0.29, 0.717) is 36.8 Å². The van der Waals surface area contributed by atoms with Gasteiger partial charge in [0.15, 0.2) is 0 Å². The summed E-state index contributed by atoms with van der Waals surface area (Å²) in [6.45, 7) is 17.1. The van der Waals surface area contributed by atoms with Crippen molar-refractivity contribution >= 4 is 0 Å². The molecule has 2 fully saturated rings. The van der Waals surface area contributed by atoms with Gasteiger partial charge in [0.1, 0.15) is 0 Å². The second kappa shape index (κ2) is 6.41. The lowest BCUT2D eigenvalue weighted by atomic mass is 9.70. The van der Waals surface area contributed by atoms with Gasteiger partial charge in [-0.15, -0.1) is 0 Å². The minimum absolute atomic E-state index is 0.285. The molecule has 22 heavy (non-hydrogen) atoms. The van der Waals surface area contributed by atoms with E-state index >= 15 is 0 Å². The second-order valence-corrected chi connectivity index (χ2v) is 8.97. The molecule has 0 aromatic heterocycles. The molecule has 0 radical (unpaired) electrons. The van der Waals surface area contributed by atoms with Gasteiger partial charge < -0.3 is 9.84 Å². The number of fused-ring (bicyclic) bond motifs is 2. The Morgan fingerprint density at radius 3 is 2.14 bits per heavy atom. The number of hydrogen-bond acceptors (Lipinski definition) is 3. The number of rotatable bonds is 7. The summed E-state index contributed by atoms with van der Waals surface area (Å²) in [5.74, 6) is 0.794. The molecule has 0 unspecified atom stereocenters. The van der Waals surface area contributed by atoms with Crippen molar-refractivity contribution in [2.24, 2.45) is 16.7 Å². The zero-order valence-electron chi connectivity index (χ0n) is 15.7. The molecule has 3 heteroatoms. The van der Waals surface area contributed by atoms with Gasteiger partial charge in [-0.2, -0.15) is 0 Å². The number of aliphatic hydroxyl groups excluding tert-OH is 1. The molecule has 3 nitrogen and oxygen atoms in total. The fraction of sp³-hybridized carbons (Fsp3) is 1.00. The van der Waals surface area contributed by atoms with Crippen molar-refractivity contribution in [3.8, 4) is 0 Å². The van der Waals surface area contributed by atoms with Gasteiger partial charge in [0.2, 0.25) is 0 Å². The third kappa shape index (κ3) is 3.09. The summed E-state index contributed by atoms with van der Waals surface area (Å²) in [4.78, 5) is 2.33. The van der Waals surface area contributed by atoms with Crippen LogP contribution in [0.2, 0.25) is 0 Å². The lowest BCUT2D eigenvalue weighted by molar-refractivity contribution is -0.0819. The Hall–Kier alpha value is -0.120. The van der Waals surface area contributed by atoms with Crippen LogP contribution < -0.4 is 0 Å². The van der Waals surface area contributed by atoms with Gasteiger partial charge in [-0.05, 0) is 63.7 Å². The number of hydrogen-bond donors (Lipinski definition) is 1. The van der Waals surface area contributed by atoms with Gasteiger partial charge in [0, 0.05) is 18.6 Å². The lowest BCUT2D eigenvalue weighted by Gasteiger charge is -2.39. The summed E-state index contributed by atoms with van der Waals surface area (Å²) in [7, 11) is 0. The highest BCUT2D eigenvalue weighted by Crippen LogP contribution is 2.66. The maximum Gasteiger partial charge on any atom is 0.0900 e. The fourth-order valence-corrected chi connectivity index (χ4v) is 4.92. The third-order valence-corrected chi connectivity index (χ3v) is 6.95. The molecule has 2 saturated carbocycles. The van der Waals surface area contributed by atoms with Gasteiger partial charge >= 0.3 is 0 Å². The molecule has 0 aliphatic heterocycles. The molecule has 1 N–H and O–H groups in total. The number of nitrogens with zero attached hydrogens (tertiary/aromatic N) is 1. The molecule has 2 aliphatic carbocycles. The Morgan fingerprint density at radius 1 is 1.14 bits per heavy atom. The fourth-order valence-electron chi connectivity index (χ4n) is 4.92. The van der Waals surface area contributed by atoms with E-state index in [2.05, 4.69) is 53.4 Å². The molecular formula is C19H37NO2. The highest BCUT2D eigenvalue weighted by molar-refractivity contribution is 5.11. The predicted octanol–water partition coefficient (Wildman–Crippen LogP) is 3.70. The van der Waals surface area contributed by atoms with E-state index < -0.39 is 6.10 Å². The summed E-state index contributed by atoms with van der Waals surface area (Å²) in [5.41, 5.74) is 0.664. The molecule has 2 aliphatic rings. The molecule has 0 aromatic rings. The molecule has 130 valence electrons. The van der Waals surface area contributed by atoms with Gasteiger partial charge in [0.05, 0.1) is 18.8 Å². The van der Waals surface area contributed by atoms with Crippen molar-refractivity contribution in [1.29, 1.82) is 0 Å². The zero-order valence-corrected chi connectivity index (χ0v) is 15.7. The number of aliphatic hydroxyl groups is 1. The average Bonchev–Trinajstić information content (AvgIpc) is 2.74. The van der Waals surface area contributed by atoms with Crippen LogP contribution in [0.5, 0.6) is 0 Å². The Morgan fingerprint density at radius 2 is 1.73 bits per heavy atom. The average molecular weight is 312 g/mol. The topological polar surface area (TPSA) is 32.7 Å². The summed E-state index contributed by atoms with van der Waals surface area (Å²) < 4.78 is 6.22. The zero-order chi connectivity index (χ0) is 16.7. The van der Waals surface area contributed by atoms with E-state index in [1.54, 1.807) is 0 Å². The van der Waals surface area contributed by atoms with Crippen LogP contribution >= 0.6 is 0 Å². The van der Waals surface area contributed by atoms with Crippen molar-refractivity contribution in [1.82, 2.24) is 4.90 Å². The second-order valence-electron chi connectivity index (χ2n) is 8.97. The largest absolute Gasteiger partial charge is 0.389 e. The molecule has 0 aromatic carbocycles. The molecule has 4 atom stereocenters. The SMILES string of the molecule is CC(C)N(C[C@@H](O)CO[C@H]1C[C@@H]2CC[C@]1(C)C2(C)C)C(C)C. The van der Waals surface area contributed by atoms with Gasteiger partial charge in [0.25, 0.3) is 0 Å². The van der Waals surface area contributed by atoms with Crippen LogP contribution in [0.1, 0.15) is 67.7 Å². The molecule has 2 rings (SSSR count). The molecule has 0 saturated heterocycles. The maximum absolute atomic E-state index is 10.4. The first-order valence-electron chi connectivity index (χ1n) is 9.15. The third-order valence-electron chi connectivity index (χ3n) is 6.95. The minimum Gasteiger partial charge on any atom is -0.389 e. The van der Waals surface area contributed by atoms with E-state index in [1.165, 1.54) is 19.3 Å². The van der Waals surface area contributed by atoms with Crippen molar-refractivity contribution in [2.45, 2.75) is 92.0 Å². The first kappa shape index (κ1) is 18.2. The Bertz CT molecular complexity index is 372. The maximum atomic E-state index is 10.4. The van der Waals surface area contributed by atoms with E-state index in [4.69, 9.17) is 4.74 Å². The van der Waals surface area contributed by atoms with Crippen LogP contribution in [0.25, 0.3) is 0 Å². The Labute approximate surface area is 137 Å². The van der Waals surface area contributed by atoms with Crippen LogP contribution in [-0.4, -0.2) is 47.4 Å². The van der Waals surface area contributed by atoms with Crippen LogP contribution in [0, 0.1) is 16.7 Å². The monoisotopic (exact) mass is 311 g/mol. The van der Waals surface area contributed by atoms with E-state index in [9.17, 15) is 5.11 Å². The van der Waals surface area contributed by atoms with Crippen LogP contribution in [0.15, 0.2) is 0 Å². The lowest BCUT2D eigenvalue weighted by Crippen LogP contribution is -2.44. The van der Waals surface area contributed by atoms with Crippen molar-refractivity contribution in [3.63, 3.8) is 0 Å². The standard InChI is InChI=1S/C19H37NO2/c1-13(2)20(14(3)4)11-16(21)12-22-17-10-15-8-9-19(17,7)18(15,5)6/h13-17,21H,8-12H2,1-7H3/t15-,16+,17-,19-/m0/s1. The normalized spacial score (nSPS) is 35.0. The highest BCUT2D eigenvalue weighted by Gasteiger charge is 2.61. The summed E-state index contributed by atoms with van der Waals surface area (Å²) >= 11 is 0. The van der Waals surface area contributed by atoms with E-state index in [1.807, 2.05) is 0 Å². The van der Waals surface area contributed by atoms with E-state index in [0.717, 1.165) is 5.92 Å². The smallest absolute Gasteiger partial charge is 0.0900 e. The van der Waals surface area contributed by atoms with Crippen LogP contribution in [0.4, 0.5) is 0 Å². The quantitative estimate of drug-likeness (QED) is 0.778. The Balaban J connectivity index is 1.86. The molecule has 0 spiro atoms.